The highest BCUT2D eigenvalue weighted by molar-refractivity contribution is 5.78. The van der Waals surface area contributed by atoms with Crippen molar-refractivity contribution in [1.82, 2.24) is 10.2 Å². The standard InChI is InChI=1S/C13H28N2O2/c1-6-15(7-2)10-8-9-13(5,12(16)17)14-11(3)4/h11,14H,6-10H2,1-5H3,(H,16,17). The highest BCUT2D eigenvalue weighted by Gasteiger charge is 2.32. The van der Waals surface area contributed by atoms with Crippen LogP contribution >= 0.6 is 0 Å². The minimum absolute atomic E-state index is 0.185. The Morgan fingerprint density at radius 2 is 1.88 bits per heavy atom. The molecule has 0 rings (SSSR count). The summed E-state index contributed by atoms with van der Waals surface area (Å²) in [5.74, 6) is -0.759. The molecule has 0 radical (unpaired) electrons. The summed E-state index contributed by atoms with van der Waals surface area (Å²) in [5, 5.41) is 12.4. The number of carboxylic acid groups (broad SMARTS) is 1. The fourth-order valence-corrected chi connectivity index (χ4v) is 2.07. The molecule has 0 aliphatic heterocycles. The van der Waals surface area contributed by atoms with E-state index in [4.69, 9.17) is 0 Å². The van der Waals surface area contributed by atoms with Crippen molar-refractivity contribution in [3.63, 3.8) is 0 Å². The zero-order valence-electron chi connectivity index (χ0n) is 11.9. The lowest BCUT2D eigenvalue weighted by Crippen LogP contribution is -2.52. The maximum absolute atomic E-state index is 11.3. The topological polar surface area (TPSA) is 52.6 Å². The molecule has 1 atom stereocenters. The fraction of sp³-hybridized carbons (Fsp3) is 0.923. The zero-order valence-corrected chi connectivity index (χ0v) is 11.9. The monoisotopic (exact) mass is 244 g/mol. The van der Waals surface area contributed by atoms with Crippen molar-refractivity contribution in [2.75, 3.05) is 19.6 Å². The van der Waals surface area contributed by atoms with Gasteiger partial charge in [0.05, 0.1) is 0 Å². The number of aliphatic carboxylic acids is 1. The molecule has 0 bridgehead atoms. The first-order valence-electron chi connectivity index (χ1n) is 6.59. The van der Waals surface area contributed by atoms with Gasteiger partial charge < -0.3 is 10.0 Å². The highest BCUT2D eigenvalue weighted by Crippen LogP contribution is 2.14. The van der Waals surface area contributed by atoms with E-state index >= 15 is 0 Å². The third-order valence-corrected chi connectivity index (χ3v) is 3.12. The second-order valence-corrected chi connectivity index (χ2v) is 5.07. The molecule has 0 fully saturated rings. The van der Waals surface area contributed by atoms with Gasteiger partial charge in [0.2, 0.25) is 0 Å². The Labute approximate surface area is 105 Å². The van der Waals surface area contributed by atoms with Crippen LogP contribution in [0, 0.1) is 0 Å². The molecule has 4 heteroatoms. The van der Waals surface area contributed by atoms with E-state index in [0.29, 0.717) is 6.42 Å². The molecule has 0 spiro atoms. The van der Waals surface area contributed by atoms with E-state index in [9.17, 15) is 9.90 Å². The van der Waals surface area contributed by atoms with Gasteiger partial charge in [-0.3, -0.25) is 10.1 Å². The Morgan fingerprint density at radius 1 is 1.35 bits per heavy atom. The van der Waals surface area contributed by atoms with Crippen LogP contribution in [0.4, 0.5) is 0 Å². The summed E-state index contributed by atoms with van der Waals surface area (Å²) in [6, 6.07) is 0.185. The van der Waals surface area contributed by atoms with Gasteiger partial charge in [-0.05, 0) is 53.2 Å². The van der Waals surface area contributed by atoms with Gasteiger partial charge in [-0.1, -0.05) is 13.8 Å². The third kappa shape index (κ3) is 6.03. The molecule has 0 saturated carbocycles. The molecule has 2 N–H and O–H groups in total. The summed E-state index contributed by atoms with van der Waals surface area (Å²) in [6.45, 7) is 13.0. The summed E-state index contributed by atoms with van der Waals surface area (Å²) in [6.07, 6.45) is 1.57. The number of carboxylic acids is 1. The molecule has 0 aromatic heterocycles. The molecule has 0 aromatic carbocycles. The number of hydrogen-bond donors (Lipinski definition) is 2. The smallest absolute Gasteiger partial charge is 0.323 e. The average molecular weight is 244 g/mol. The Balaban J connectivity index is 4.23. The van der Waals surface area contributed by atoms with E-state index in [2.05, 4.69) is 24.1 Å². The maximum atomic E-state index is 11.3. The van der Waals surface area contributed by atoms with Crippen LogP contribution in [0.15, 0.2) is 0 Å². The van der Waals surface area contributed by atoms with E-state index in [1.807, 2.05) is 13.8 Å². The van der Waals surface area contributed by atoms with Crippen molar-refractivity contribution in [1.29, 1.82) is 0 Å². The van der Waals surface area contributed by atoms with E-state index in [-0.39, 0.29) is 6.04 Å². The molecule has 102 valence electrons. The third-order valence-electron chi connectivity index (χ3n) is 3.12. The Morgan fingerprint density at radius 3 is 2.24 bits per heavy atom. The van der Waals surface area contributed by atoms with Crippen LogP contribution in [0.2, 0.25) is 0 Å². The molecular formula is C13H28N2O2. The van der Waals surface area contributed by atoms with Gasteiger partial charge in [-0.15, -0.1) is 0 Å². The van der Waals surface area contributed by atoms with Gasteiger partial charge in [0, 0.05) is 6.04 Å². The van der Waals surface area contributed by atoms with E-state index < -0.39 is 11.5 Å². The summed E-state index contributed by atoms with van der Waals surface area (Å²) in [7, 11) is 0. The molecule has 1 unspecified atom stereocenters. The van der Waals surface area contributed by atoms with Crippen molar-refractivity contribution >= 4 is 5.97 Å². The van der Waals surface area contributed by atoms with Gasteiger partial charge in [-0.2, -0.15) is 0 Å². The first kappa shape index (κ1) is 16.4. The minimum Gasteiger partial charge on any atom is -0.480 e. The fourth-order valence-electron chi connectivity index (χ4n) is 2.07. The number of rotatable bonds is 9. The lowest BCUT2D eigenvalue weighted by Gasteiger charge is -2.29. The molecular weight excluding hydrogens is 216 g/mol. The van der Waals surface area contributed by atoms with Crippen LogP contribution in [-0.2, 0) is 4.79 Å². The summed E-state index contributed by atoms with van der Waals surface area (Å²) in [4.78, 5) is 13.6. The molecule has 0 aliphatic rings. The van der Waals surface area contributed by atoms with Gasteiger partial charge in [0.1, 0.15) is 5.54 Å². The van der Waals surface area contributed by atoms with Crippen molar-refractivity contribution < 1.29 is 9.90 Å². The molecule has 0 amide bonds. The Bertz CT molecular complexity index is 227. The number of nitrogens with zero attached hydrogens (tertiary/aromatic N) is 1. The van der Waals surface area contributed by atoms with Crippen molar-refractivity contribution in [2.24, 2.45) is 0 Å². The Hall–Kier alpha value is -0.610. The molecule has 0 aliphatic carbocycles. The lowest BCUT2D eigenvalue weighted by molar-refractivity contribution is -0.144. The van der Waals surface area contributed by atoms with Gasteiger partial charge in [-0.25, -0.2) is 0 Å². The number of carbonyl (C=O) groups is 1. The van der Waals surface area contributed by atoms with Crippen LogP contribution < -0.4 is 5.32 Å². The zero-order chi connectivity index (χ0) is 13.5. The predicted octanol–water partition coefficient (Wildman–Crippen LogP) is 1.95. The normalized spacial score (nSPS) is 15.2. The van der Waals surface area contributed by atoms with E-state index in [1.54, 1.807) is 6.92 Å². The predicted molar refractivity (Wildman–Crippen MR) is 71.3 cm³/mol. The molecule has 0 heterocycles. The first-order valence-corrected chi connectivity index (χ1v) is 6.59. The second kappa shape index (κ2) is 7.67. The highest BCUT2D eigenvalue weighted by atomic mass is 16.4. The number of hydrogen-bond acceptors (Lipinski definition) is 3. The van der Waals surface area contributed by atoms with Gasteiger partial charge in [0.25, 0.3) is 0 Å². The van der Waals surface area contributed by atoms with Crippen LogP contribution in [0.3, 0.4) is 0 Å². The first-order chi connectivity index (χ1) is 7.85. The molecule has 0 aromatic rings. The minimum atomic E-state index is -0.804. The van der Waals surface area contributed by atoms with E-state index in [1.165, 1.54) is 0 Å². The summed E-state index contributed by atoms with van der Waals surface area (Å²) in [5.41, 5.74) is -0.804. The SMILES string of the molecule is CCN(CC)CCCC(C)(NC(C)C)C(=O)O. The van der Waals surface area contributed by atoms with Crippen molar-refractivity contribution in [2.45, 2.75) is 59.0 Å². The van der Waals surface area contributed by atoms with Crippen LogP contribution in [0.25, 0.3) is 0 Å². The summed E-state index contributed by atoms with van der Waals surface area (Å²) >= 11 is 0. The van der Waals surface area contributed by atoms with Crippen molar-refractivity contribution in [3.8, 4) is 0 Å². The quantitative estimate of drug-likeness (QED) is 0.651. The van der Waals surface area contributed by atoms with Crippen LogP contribution in [0.5, 0.6) is 0 Å². The molecule has 17 heavy (non-hydrogen) atoms. The second-order valence-electron chi connectivity index (χ2n) is 5.07. The average Bonchev–Trinajstić information content (AvgIpc) is 2.23. The lowest BCUT2D eigenvalue weighted by atomic mass is 9.94. The maximum Gasteiger partial charge on any atom is 0.323 e. The largest absolute Gasteiger partial charge is 0.480 e. The van der Waals surface area contributed by atoms with E-state index in [0.717, 1.165) is 26.1 Å². The van der Waals surface area contributed by atoms with Gasteiger partial charge >= 0.3 is 5.97 Å². The Kier molecular flexibility index (Phi) is 7.39. The molecule has 0 saturated heterocycles. The van der Waals surface area contributed by atoms with Crippen LogP contribution in [-0.4, -0.2) is 47.2 Å². The summed E-state index contributed by atoms with van der Waals surface area (Å²) < 4.78 is 0. The molecule has 4 nitrogen and oxygen atoms in total. The van der Waals surface area contributed by atoms with Crippen molar-refractivity contribution in [3.05, 3.63) is 0 Å². The van der Waals surface area contributed by atoms with Crippen LogP contribution in [0.1, 0.15) is 47.5 Å². The number of nitrogens with one attached hydrogen (secondary N) is 1. The van der Waals surface area contributed by atoms with Gasteiger partial charge in [0.15, 0.2) is 0 Å².